The number of fused-ring (bicyclic) bond motifs is 6. The Hall–Kier alpha value is -4.43. The molecule has 2 aliphatic heterocycles. The smallest absolute Gasteiger partial charge is 0.216 e. The van der Waals surface area contributed by atoms with Crippen LogP contribution in [0.4, 0.5) is 17.1 Å². The van der Waals surface area contributed by atoms with Crippen LogP contribution in [-0.2, 0) is 10.8 Å². The molecule has 0 unspecified atom stereocenters. The minimum absolute atomic E-state index is 0.116. The lowest BCUT2D eigenvalue weighted by Crippen LogP contribution is -2.27. The van der Waals surface area contributed by atoms with E-state index in [9.17, 15) is 0 Å². The molecule has 5 aromatic carbocycles. The van der Waals surface area contributed by atoms with E-state index in [1.165, 1.54) is 61.1 Å². The summed E-state index contributed by atoms with van der Waals surface area (Å²) in [4.78, 5) is 0. The maximum absolute atomic E-state index is 3.73. The Morgan fingerprint density at radius 3 is 1.95 bits per heavy atom. The quantitative estimate of drug-likeness (QED) is 0.241. The molecule has 7 rings (SSSR count). The van der Waals surface area contributed by atoms with Gasteiger partial charge in [0.2, 0.25) is 11.4 Å². The van der Waals surface area contributed by atoms with Crippen molar-refractivity contribution >= 4 is 44.3 Å². The number of benzene rings is 5. The van der Waals surface area contributed by atoms with E-state index < -0.39 is 0 Å². The van der Waals surface area contributed by atoms with Gasteiger partial charge in [0.15, 0.2) is 5.71 Å². The summed E-state index contributed by atoms with van der Waals surface area (Å²) in [6, 6.07) is 37.2. The van der Waals surface area contributed by atoms with Gasteiger partial charge in [-0.2, -0.15) is 4.58 Å². The van der Waals surface area contributed by atoms with Crippen molar-refractivity contribution in [2.45, 2.75) is 38.5 Å². The predicted molar refractivity (Wildman–Crippen MR) is 168 cm³/mol. The molecule has 0 aliphatic carbocycles. The monoisotopic (exact) mass is 505 g/mol. The average Bonchev–Trinajstić information content (AvgIpc) is 3.35. The summed E-state index contributed by atoms with van der Waals surface area (Å²) in [7, 11) is 0. The Kier molecular flexibility index (Phi) is 5.18. The third kappa shape index (κ3) is 3.51. The van der Waals surface area contributed by atoms with Crippen molar-refractivity contribution in [3.8, 4) is 0 Å². The van der Waals surface area contributed by atoms with Gasteiger partial charge in [-0.05, 0) is 59.2 Å². The molecular formula is C37H33N2+. The first-order valence-electron chi connectivity index (χ1n) is 13.8. The fraction of sp³-hybridized carbons (Fsp3) is 0.162. The largest absolute Gasteiger partial charge is 0.358 e. The Morgan fingerprint density at radius 1 is 0.615 bits per heavy atom. The maximum Gasteiger partial charge on any atom is 0.216 e. The van der Waals surface area contributed by atoms with Crippen LogP contribution >= 0.6 is 0 Å². The normalized spacial score (nSPS) is 18.2. The molecule has 0 amide bonds. The highest BCUT2D eigenvalue weighted by Gasteiger charge is 2.46. The second-order valence-corrected chi connectivity index (χ2v) is 11.8. The Balaban J connectivity index is 1.36. The van der Waals surface area contributed by atoms with Crippen molar-refractivity contribution in [2.24, 2.45) is 0 Å². The molecule has 190 valence electrons. The number of nitrogens with one attached hydrogen (secondary N) is 1. The van der Waals surface area contributed by atoms with Gasteiger partial charge in [0.05, 0.1) is 5.41 Å². The van der Waals surface area contributed by atoms with Gasteiger partial charge in [0.25, 0.3) is 0 Å². The third-order valence-electron chi connectivity index (χ3n) is 8.68. The van der Waals surface area contributed by atoms with Gasteiger partial charge >= 0.3 is 0 Å². The fourth-order valence-corrected chi connectivity index (χ4v) is 6.75. The van der Waals surface area contributed by atoms with Crippen molar-refractivity contribution in [3.63, 3.8) is 0 Å². The highest BCUT2D eigenvalue weighted by atomic mass is 15.1. The maximum atomic E-state index is 3.73. The second-order valence-electron chi connectivity index (χ2n) is 11.8. The van der Waals surface area contributed by atoms with Crippen LogP contribution in [0, 0.1) is 0 Å². The van der Waals surface area contributed by atoms with Gasteiger partial charge in [0.1, 0.15) is 0 Å². The summed E-state index contributed by atoms with van der Waals surface area (Å²) >= 11 is 0. The molecule has 0 bridgehead atoms. The van der Waals surface area contributed by atoms with Gasteiger partial charge in [-0.15, -0.1) is 0 Å². The number of rotatable bonds is 3. The topological polar surface area (TPSA) is 15.0 Å². The first-order chi connectivity index (χ1) is 18.9. The molecule has 0 saturated heterocycles. The number of hydrogen-bond donors (Lipinski definition) is 1. The van der Waals surface area contributed by atoms with Gasteiger partial charge in [-0.3, -0.25) is 0 Å². The molecule has 2 aliphatic rings. The molecule has 2 heteroatoms. The molecule has 2 heterocycles. The summed E-state index contributed by atoms with van der Waals surface area (Å²) in [6.45, 7) is 9.35. The van der Waals surface area contributed by atoms with E-state index in [1.807, 2.05) is 0 Å². The van der Waals surface area contributed by atoms with Gasteiger partial charge in [0, 0.05) is 46.6 Å². The Morgan fingerprint density at radius 2 is 1.23 bits per heavy atom. The number of allylic oxidation sites excluding steroid dienone is 4. The van der Waals surface area contributed by atoms with E-state index in [0.717, 1.165) is 0 Å². The van der Waals surface area contributed by atoms with E-state index in [0.29, 0.717) is 0 Å². The Labute approximate surface area is 230 Å². The van der Waals surface area contributed by atoms with Gasteiger partial charge in [-0.1, -0.05) is 92.7 Å². The molecule has 5 aromatic rings. The van der Waals surface area contributed by atoms with Crippen LogP contribution in [0.5, 0.6) is 0 Å². The van der Waals surface area contributed by atoms with Crippen molar-refractivity contribution in [1.29, 1.82) is 0 Å². The number of nitrogens with zero attached hydrogens (tertiary/aromatic N) is 1. The molecule has 1 N–H and O–H groups in total. The predicted octanol–water partition coefficient (Wildman–Crippen LogP) is 9.40. The Bertz CT molecular complexity index is 1870. The van der Waals surface area contributed by atoms with Crippen molar-refractivity contribution in [2.75, 3.05) is 5.32 Å². The van der Waals surface area contributed by atoms with Crippen LogP contribution in [0.2, 0.25) is 0 Å². The molecule has 2 nitrogen and oxygen atoms in total. The lowest BCUT2D eigenvalue weighted by molar-refractivity contribution is 0.659. The van der Waals surface area contributed by atoms with Gasteiger partial charge < -0.3 is 5.32 Å². The van der Waals surface area contributed by atoms with E-state index in [2.05, 4.69) is 159 Å². The minimum Gasteiger partial charge on any atom is -0.358 e. The zero-order chi connectivity index (χ0) is 26.8. The molecule has 0 radical (unpaired) electrons. The van der Waals surface area contributed by atoms with E-state index in [-0.39, 0.29) is 10.8 Å². The van der Waals surface area contributed by atoms with Crippen LogP contribution in [-0.4, -0.2) is 5.71 Å². The first kappa shape index (κ1) is 23.7. The third-order valence-corrected chi connectivity index (χ3v) is 8.68. The van der Waals surface area contributed by atoms with Crippen molar-refractivity contribution in [1.82, 2.24) is 4.58 Å². The first-order valence-corrected chi connectivity index (χ1v) is 13.8. The average molecular weight is 506 g/mol. The summed E-state index contributed by atoms with van der Waals surface area (Å²) in [5.74, 6) is 0. The van der Waals surface area contributed by atoms with E-state index in [4.69, 9.17) is 0 Å². The van der Waals surface area contributed by atoms with Crippen molar-refractivity contribution < 1.29 is 0 Å². The summed E-state index contributed by atoms with van der Waals surface area (Å²) < 4.78 is 2.44. The van der Waals surface area contributed by atoms with Crippen molar-refractivity contribution in [3.05, 3.63) is 138 Å². The molecule has 0 saturated carbocycles. The van der Waals surface area contributed by atoms with Crippen LogP contribution in [0.1, 0.15) is 38.8 Å². The van der Waals surface area contributed by atoms with Gasteiger partial charge in [-0.25, -0.2) is 0 Å². The van der Waals surface area contributed by atoms with Crippen LogP contribution in [0.25, 0.3) is 21.5 Å². The zero-order valence-corrected chi connectivity index (χ0v) is 23.0. The van der Waals surface area contributed by atoms with E-state index in [1.54, 1.807) is 0 Å². The molecule has 39 heavy (non-hydrogen) atoms. The molecule has 0 atom stereocenters. The van der Waals surface area contributed by atoms with Crippen LogP contribution in [0.15, 0.2) is 127 Å². The highest BCUT2D eigenvalue weighted by Crippen LogP contribution is 2.48. The van der Waals surface area contributed by atoms with Crippen LogP contribution < -0.4 is 9.89 Å². The lowest BCUT2D eigenvalue weighted by Gasteiger charge is -2.21. The summed E-state index contributed by atoms with van der Waals surface area (Å²) in [5.41, 5.74) is 8.62. The molecule has 0 fully saturated rings. The summed E-state index contributed by atoms with van der Waals surface area (Å²) in [6.07, 6.45) is 6.81. The molecule has 0 aromatic heterocycles. The number of hydrogen-bond acceptors (Lipinski definition) is 1. The van der Waals surface area contributed by atoms with E-state index >= 15 is 0 Å². The highest BCUT2D eigenvalue weighted by molar-refractivity contribution is 6.14. The number of anilines is 1. The molecule has 0 spiro atoms. The molecular weight excluding hydrogens is 472 g/mol. The fourth-order valence-electron chi connectivity index (χ4n) is 6.75. The second kappa shape index (κ2) is 8.54. The SMILES string of the molecule is CC1(C)C(/C=C/C=C2/Nc3ccc4ccccc4c3C2(C)C)=[N+](c2ccccc2)c2ccc3ccccc3c21. The minimum atomic E-state index is -0.168. The van der Waals surface area contributed by atoms with Crippen LogP contribution in [0.3, 0.4) is 0 Å². The summed E-state index contributed by atoms with van der Waals surface area (Å²) in [5, 5.41) is 8.95. The zero-order valence-electron chi connectivity index (χ0n) is 23.0. The number of para-hydroxylation sites is 1. The standard InChI is InChI=1S/C37H32N2/c1-36(2)32(38-30-23-21-25-13-8-10-17-28(25)34(30)36)19-12-20-33-37(3,4)35-29-18-11-9-14-26(29)22-24-31(35)39(33)27-15-6-5-7-16-27/h5-24H,1-4H3/p+1. The lowest BCUT2D eigenvalue weighted by atomic mass is 9.79.